The molecule has 17 heavy (non-hydrogen) atoms. The molecule has 0 radical (unpaired) electrons. The van der Waals surface area contributed by atoms with Gasteiger partial charge in [-0.15, -0.1) is 0 Å². The molecule has 0 saturated carbocycles. The number of halogens is 1. The Hall–Kier alpha value is -0.980. The van der Waals surface area contributed by atoms with E-state index in [1.54, 1.807) is 0 Å². The largest absolute Gasteiger partial charge is 0.326 e. The molecule has 4 nitrogen and oxygen atoms in total. The summed E-state index contributed by atoms with van der Waals surface area (Å²) in [4.78, 5) is -0.0150. The second-order valence-electron chi connectivity index (χ2n) is 4.42. The van der Waals surface area contributed by atoms with E-state index in [-0.39, 0.29) is 16.9 Å². The molecule has 1 fully saturated rings. The van der Waals surface area contributed by atoms with Crippen molar-refractivity contribution in [3.63, 3.8) is 0 Å². The lowest BCUT2D eigenvalue weighted by Gasteiger charge is -2.15. The minimum Gasteiger partial charge on any atom is -0.326 e. The quantitative estimate of drug-likeness (QED) is 0.853. The van der Waals surface area contributed by atoms with Gasteiger partial charge < -0.3 is 5.73 Å². The molecule has 1 aliphatic rings. The fraction of sp³-hybridized carbons (Fsp3) is 0.455. The molecule has 2 atom stereocenters. The van der Waals surface area contributed by atoms with Crippen LogP contribution in [0.25, 0.3) is 0 Å². The van der Waals surface area contributed by atoms with Gasteiger partial charge in [-0.05, 0) is 24.1 Å². The highest BCUT2D eigenvalue weighted by molar-refractivity contribution is 7.89. The number of nitrogens with zero attached hydrogens (tertiary/aromatic N) is 1. The smallest absolute Gasteiger partial charge is 0.243 e. The average Bonchev–Trinajstić information content (AvgIpc) is 2.60. The summed E-state index contributed by atoms with van der Waals surface area (Å²) in [5.41, 5.74) is 5.79. The first kappa shape index (κ1) is 12.5. The summed E-state index contributed by atoms with van der Waals surface area (Å²) in [5.74, 6) is -0.430. The number of hydrogen-bond acceptors (Lipinski definition) is 3. The highest BCUT2D eigenvalue weighted by Crippen LogP contribution is 2.23. The second kappa shape index (κ2) is 4.36. The van der Waals surface area contributed by atoms with Crippen LogP contribution in [0.3, 0.4) is 0 Å². The van der Waals surface area contributed by atoms with Crippen molar-refractivity contribution < 1.29 is 12.8 Å². The molecule has 0 aromatic heterocycles. The SMILES string of the molecule is CC1CN(S(=O)(=O)c2cccc(F)c2)CC1N. The van der Waals surface area contributed by atoms with Gasteiger partial charge in [0.05, 0.1) is 4.90 Å². The minimum atomic E-state index is -3.61. The van der Waals surface area contributed by atoms with Crippen molar-refractivity contribution in [1.29, 1.82) is 0 Å². The normalized spacial score (nSPS) is 26.3. The van der Waals surface area contributed by atoms with Crippen molar-refractivity contribution in [3.8, 4) is 0 Å². The van der Waals surface area contributed by atoms with Crippen LogP contribution in [0.2, 0.25) is 0 Å². The van der Waals surface area contributed by atoms with E-state index in [0.29, 0.717) is 13.1 Å². The Morgan fingerprint density at radius 2 is 2.12 bits per heavy atom. The molecular weight excluding hydrogens is 243 g/mol. The number of sulfonamides is 1. The third kappa shape index (κ3) is 2.34. The van der Waals surface area contributed by atoms with E-state index < -0.39 is 15.8 Å². The summed E-state index contributed by atoms with van der Waals surface area (Å²) in [6, 6.07) is 4.88. The van der Waals surface area contributed by atoms with Crippen LogP contribution in [0.5, 0.6) is 0 Å². The van der Waals surface area contributed by atoms with E-state index in [1.165, 1.54) is 22.5 Å². The molecule has 0 spiro atoms. The molecule has 0 bridgehead atoms. The summed E-state index contributed by atoms with van der Waals surface area (Å²) >= 11 is 0. The van der Waals surface area contributed by atoms with Crippen LogP contribution in [0.1, 0.15) is 6.92 Å². The molecule has 1 heterocycles. The zero-order valence-corrected chi connectivity index (χ0v) is 10.3. The highest BCUT2D eigenvalue weighted by atomic mass is 32.2. The van der Waals surface area contributed by atoms with Gasteiger partial charge in [0, 0.05) is 19.1 Å². The first-order valence-electron chi connectivity index (χ1n) is 5.42. The van der Waals surface area contributed by atoms with Crippen molar-refractivity contribution in [2.45, 2.75) is 17.9 Å². The third-order valence-corrected chi connectivity index (χ3v) is 4.90. The van der Waals surface area contributed by atoms with E-state index in [2.05, 4.69) is 0 Å². The Morgan fingerprint density at radius 3 is 2.65 bits per heavy atom. The zero-order chi connectivity index (χ0) is 12.6. The number of nitrogens with two attached hydrogens (primary N) is 1. The molecule has 0 amide bonds. The zero-order valence-electron chi connectivity index (χ0n) is 9.51. The molecule has 1 saturated heterocycles. The van der Waals surface area contributed by atoms with E-state index in [1.807, 2.05) is 6.92 Å². The van der Waals surface area contributed by atoms with Gasteiger partial charge in [0.25, 0.3) is 0 Å². The fourth-order valence-corrected chi connectivity index (χ4v) is 3.53. The van der Waals surface area contributed by atoms with Crippen LogP contribution < -0.4 is 5.73 Å². The Kier molecular flexibility index (Phi) is 3.20. The highest BCUT2D eigenvalue weighted by Gasteiger charge is 2.35. The Labute approximate surface area is 100 Å². The maximum Gasteiger partial charge on any atom is 0.243 e. The molecule has 0 aliphatic carbocycles. The predicted octanol–water partition coefficient (Wildman–Crippen LogP) is 0.793. The Balaban J connectivity index is 2.32. The van der Waals surface area contributed by atoms with E-state index >= 15 is 0 Å². The third-order valence-electron chi connectivity index (χ3n) is 3.07. The second-order valence-corrected chi connectivity index (χ2v) is 6.36. The molecule has 1 aliphatic heterocycles. The van der Waals surface area contributed by atoms with E-state index in [4.69, 9.17) is 5.73 Å². The van der Waals surface area contributed by atoms with Gasteiger partial charge in [-0.25, -0.2) is 12.8 Å². The molecule has 1 aromatic carbocycles. The Bertz CT molecular complexity index is 508. The van der Waals surface area contributed by atoms with Gasteiger partial charge >= 0.3 is 0 Å². The minimum absolute atomic E-state index is 0.0150. The molecule has 94 valence electrons. The lowest BCUT2D eigenvalue weighted by atomic mass is 10.1. The maximum atomic E-state index is 13.0. The summed E-state index contributed by atoms with van der Waals surface area (Å²) in [6.07, 6.45) is 0. The molecule has 2 rings (SSSR count). The molecule has 6 heteroatoms. The van der Waals surface area contributed by atoms with Crippen LogP contribution in [0.4, 0.5) is 4.39 Å². The molecular formula is C11H15FN2O2S. The predicted molar refractivity (Wildman–Crippen MR) is 62.3 cm³/mol. The summed E-state index contributed by atoms with van der Waals surface area (Å²) < 4.78 is 38.7. The van der Waals surface area contributed by atoms with Gasteiger partial charge in [-0.2, -0.15) is 4.31 Å². The van der Waals surface area contributed by atoms with Gasteiger partial charge in [0.1, 0.15) is 5.82 Å². The van der Waals surface area contributed by atoms with Gasteiger partial charge in [0.15, 0.2) is 0 Å². The van der Waals surface area contributed by atoms with E-state index in [0.717, 1.165) is 6.07 Å². The Morgan fingerprint density at radius 1 is 1.41 bits per heavy atom. The summed E-state index contributed by atoms with van der Waals surface area (Å²) in [6.45, 7) is 2.59. The first-order chi connectivity index (χ1) is 7.91. The van der Waals surface area contributed by atoms with Crippen molar-refractivity contribution in [2.24, 2.45) is 11.7 Å². The number of hydrogen-bond donors (Lipinski definition) is 1. The number of benzene rings is 1. The molecule has 2 unspecified atom stereocenters. The monoisotopic (exact) mass is 258 g/mol. The van der Waals surface area contributed by atoms with Gasteiger partial charge in [-0.3, -0.25) is 0 Å². The van der Waals surface area contributed by atoms with Crippen LogP contribution in [0.15, 0.2) is 29.2 Å². The average molecular weight is 258 g/mol. The van der Waals surface area contributed by atoms with Crippen LogP contribution >= 0.6 is 0 Å². The van der Waals surface area contributed by atoms with E-state index in [9.17, 15) is 12.8 Å². The maximum absolute atomic E-state index is 13.0. The van der Waals surface area contributed by atoms with Crippen LogP contribution in [-0.2, 0) is 10.0 Å². The summed E-state index contributed by atoms with van der Waals surface area (Å²) in [5, 5.41) is 0. The molecule has 1 aromatic rings. The van der Waals surface area contributed by atoms with Gasteiger partial charge in [-0.1, -0.05) is 13.0 Å². The van der Waals surface area contributed by atoms with Crippen molar-refractivity contribution >= 4 is 10.0 Å². The van der Waals surface area contributed by atoms with Crippen LogP contribution in [-0.4, -0.2) is 31.9 Å². The van der Waals surface area contributed by atoms with Crippen molar-refractivity contribution in [2.75, 3.05) is 13.1 Å². The fourth-order valence-electron chi connectivity index (χ4n) is 1.92. The van der Waals surface area contributed by atoms with Crippen molar-refractivity contribution in [1.82, 2.24) is 4.31 Å². The van der Waals surface area contributed by atoms with Crippen molar-refractivity contribution in [3.05, 3.63) is 30.1 Å². The van der Waals surface area contributed by atoms with Crippen LogP contribution in [0, 0.1) is 11.7 Å². The number of rotatable bonds is 2. The first-order valence-corrected chi connectivity index (χ1v) is 6.86. The lowest BCUT2D eigenvalue weighted by Crippen LogP contribution is -2.32. The lowest BCUT2D eigenvalue weighted by molar-refractivity contribution is 0.463. The standard InChI is InChI=1S/C11H15FN2O2S/c1-8-6-14(7-11(8)13)17(15,16)10-4-2-3-9(12)5-10/h2-5,8,11H,6-7,13H2,1H3. The topological polar surface area (TPSA) is 63.4 Å². The van der Waals surface area contributed by atoms with Gasteiger partial charge in [0.2, 0.25) is 10.0 Å². The molecule has 2 N–H and O–H groups in total. The summed E-state index contributed by atoms with van der Waals surface area (Å²) in [7, 11) is -3.61.